The summed E-state index contributed by atoms with van der Waals surface area (Å²) in [5.41, 5.74) is 0.894. The number of hydrogen-bond acceptors (Lipinski definition) is 4. The lowest BCUT2D eigenvalue weighted by atomic mass is 10.2. The molecule has 7 heteroatoms. The summed E-state index contributed by atoms with van der Waals surface area (Å²) in [6.45, 7) is -0.127. The van der Waals surface area contributed by atoms with E-state index < -0.39 is 23.2 Å². The molecule has 4 nitrogen and oxygen atoms in total. The maximum absolute atomic E-state index is 14.6. The minimum Gasteiger partial charge on any atom is -0.491 e. The van der Waals surface area contributed by atoms with Gasteiger partial charge in [-0.1, -0.05) is 18.1 Å². The third kappa shape index (κ3) is 2.94. The summed E-state index contributed by atoms with van der Waals surface area (Å²) in [6.07, 6.45) is 6.73. The van der Waals surface area contributed by atoms with E-state index in [4.69, 9.17) is 6.42 Å². The molecule has 3 aromatic rings. The Bertz CT molecular complexity index is 985. The van der Waals surface area contributed by atoms with Gasteiger partial charge in [0, 0.05) is 6.07 Å². The fourth-order valence-electron chi connectivity index (χ4n) is 2.40. The van der Waals surface area contributed by atoms with Crippen molar-refractivity contribution in [3.63, 3.8) is 0 Å². The predicted molar refractivity (Wildman–Crippen MR) is 88.2 cm³/mol. The van der Waals surface area contributed by atoms with E-state index in [1.807, 2.05) is 0 Å². The van der Waals surface area contributed by atoms with Gasteiger partial charge in [-0.05, 0) is 12.1 Å². The van der Waals surface area contributed by atoms with Gasteiger partial charge in [-0.2, -0.15) is 4.39 Å². The quantitative estimate of drug-likeness (QED) is 0.533. The van der Waals surface area contributed by atoms with Crippen LogP contribution in [0.15, 0.2) is 36.5 Å². The first-order valence-electron chi connectivity index (χ1n) is 7.21. The number of rotatable bonds is 4. The van der Waals surface area contributed by atoms with Gasteiger partial charge in [0.25, 0.3) is 0 Å². The summed E-state index contributed by atoms with van der Waals surface area (Å²) < 4.78 is 46.7. The monoisotopic (exact) mass is 343 g/mol. The van der Waals surface area contributed by atoms with Gasteiger partial charge in [0.1, 0.15) is 0 Å². The number of fused-ring (bicyclic) bond motifs is 1. The topological polar surface area (TPSA) is 38.2 Å². The van der Waals surface area contributed by atoms with Crippen molar-refractivity contribution in [1.82, 2.24) is 9.97 Å². The molecule has 0 bridgehead atoms. The Morgan fingerprint density at radius 3 is 2.56 bits per heavy atom. The molecule has 2 aromatic carbocycles. The number of anilines is 2. The normalized spacial score (nSPS) is 10.5. The molecule has 0 aliphatic heterocycles. The van der Waals surface area contributed by atoms with Crippen LogP contribution in [0, 0.1) is 29.8 Å². The van der Waals surface area contributed by atoms with E-state index in [2.05, 4.69) is 20.6 Å². The summed E-state index contributed by atoms with van der Waals surface area (Å²) in [5.74, 6) is -2.03. The van der Waals surface area contributed by atoms with Gasteiger partial charge >= 0.3 is 0 Å². The molecule has 0 aliphatic carbocycles. The minimum absolute atomic E-state index is 0.127. The lowest BCUT2D eigenvalue weighted by Gasteiger charge is -2.23. The van der Waals surface area contributed by atoms with Crippen LogP contribution in [-0.4, -0.2) is 23.6 Å². The highest BCUT2D eigenvalue weighted by molar-refractivity contribution is 5.77. The van der Waals surface area contributed by atoms with Crippen LogP contribution in [0.1, 0.15) is 0 Å². The zero-order valence-electron chi connectivity index (χ0n) is 13.1. The first kappa shape index (κ1) is 16.6. The molecule has 1 heterocycles. The fourth-order valence-corrected chi connectivity index (χ4v) is 2.40. The van der Waals surface area contributed by atoms with Crippen LogP contribution in [0.2, 0.25) is 0 Å². The Kier molecular flexibility index (Phi) is 4.44. The molecule has 0 spiro atoms. The lowest BCUT2D eigenvalue weighted by Crippen LogP contribution is -2.21. The number of para-hydroxylation sites is 2. The third-order valence-electron chi connectivity index (χ3n) is 3.55. The summed E-state index contributed by atoms with van der Waals surface area (Å²) >= 11 is 0. The summed E-state index contributed by atoms with van der Waals surface area (Å²) in [6, 6.07) is 7.77. The molecule has 0 unspecified atom stereocenters. The SMILES string of the molecule is C#CCN(c1cnc2ccccc2n1)c1cc(F)c(F)c(OC)c1F. The highest BCUT2D eigenvalue weighted by Gasteiger charge is 2.24. The van der Waals surface area contributed by atoms with Crippen molar-refractivity contribution in [3.05, 3.63) is 54.0 Å². The highest BCUT2D eigenvalue weighted by atomic mass is 19.2. The maximum Gasteiger partial charge on any atom is 0.203 e. The number of ether oxygens (including phenoxy) is 1. The molecule has 126 valence electrons. The zero-order valence-corrected chi connectivity index (χ0v) is 13.1. The summed E-state index contributed by atoms with van der Waals surface area (Å²) in [5, 5.41) is 0. The molecular formula is C18H12F3N3O. The second kappa shape index (κ2) is 6.69. The summed E-state index contributed by atoms with van der Waals surface area (Å²) in [7, 11) is 1.05. The van der Waals surface area contributed by atoms with Crippen LogP contribution >= 0.6 is 0 Å². The maximum atomic E-state index is 14.6. The third-order valence-corrected chi connectivity index (χ3v) is 3.55. The molecular weight excluding hydrogens is 331 g/mol. The minimum atomic E-state index is -1.41. The van der Waals surface area contributed by atoms with E-state index in [0.717, 1.165) is 7.11 Å². The number of hydrogen-bond donors (Lipinski definition) is 0. The average Bonchev–Trinajstić information content (AvgIpc) is 2.63. The second-order valence-corrected chi connectivity index (χ2v) is 5.05. The Morgan fingerprint density at radius 2 is 1.88 bits per heavy atom. The van der Waals surface area contributed by atoms with Gasteiger partial charge in [0.2, 0.25) is 5.82 Å². The molecule has 3 rings (SSSR count). The number of halogens is 3. The molecule has 0 radical (unpaired) electrons. The van der Waals surface area contributed by atoms with Gasteiger partial charge in [-0.3, -0.25) is 4.98 Å². The molecule has 25 heavy (non-hydrogen) atoms. The van der Waals surface area contributed by atoms with E-state index in [0.29, 0.717) is 17.1 Å². The van der Waals surface area contributed by atoms with Crippen molar-refractivity contribution in [2.45, 2.75) is 0 Å². The molecule has 0 fully saturated rings. The molecule has 0 N–H and O–H groups in total. The van der Waals surface area contributed by atoms with Crippen molar-refractivity contribution in [2.24, 2.45) is 0 Å². The number of aromatic nitrogens is 2. The van der Waals surface area contributed by atoms with Crippen LogP contribution in [0.5, 0.6) is 5.75 Å². The summed E-state index contributed by atoms with van der Waals surface area (Å²) in [4.78, 5) is 9.81. The average molecular weight is 343 g/mol. The van der Waals surface area contributed by atoms with Crippen LogP contribution in [-0.2, 0) is 0 Å². The van der Waals surface area contributed by atoms with E-state index >= 15 is 0 Å². The number of terminal acetylenes is 1. The Balaban J connectivity index is 2.19. The standard InChI is InChI=1S/C18H12F3N3O/c1-3-8-24(14-9-11(19)16(20)18(25-2)17(14)21)15-10-22-12-6-4-5-7-13(12)23-15/h1,4-7,9-10H,8H2,2H3. The number of benzene rings is 2. The van der Waals surface area contributed by atoms with E-state index in [1.54, 1.807) is 24.3 Å². The molecule has 0 atom stereocenters. The van der Waals surface area contributed by atoms with Crippen LogP contribution in [0.3, 0.4) is 0 Å². The van der Waals surface area contributed by atoms with Gasteiger partial charge < -0.3 is 9.64 Å². The Hall–Kier alpha value is -3.27. The van der Waals surface area contributed by atoms with Gasteiger partial charge in [0.05, 0.1) is 36.6 Å². The molecule has 1 aromatic heterocycles. The van der Waals surface area contributed by atoms with Crippen LogP contribution < -0.4 is 9.64 Å². The molecule has 0 saturated carbocycles. The van der Waals surface area contributed by atoms with Crippen molar-refractivity contribution in [2.75, 3.05) is 18.6 Å². The van der Waals surface area contributed by atoms with Gasteiger partial charge in [-0.25, -0.2) is 13.8 Å². The van der Waals surface area contributed by atoms with Gasteiger partial charge in [0.15, 0.2) is 23.2 Å². The predicted octanol–water partition coefficient (Wildman–Crippen LogP) is 3.83. The van der Waals surface area contributed by atoms with Crippen molar-refractivity contribution < 1.29 is 17.9 Å². The van der Waals surface area contributed by atoms with Crippen molar-refractivity contribution in [3.8, 4) is 18.1 Å². The molecule has 0 saturated heterocycles. The van der Waals surface area contributed by atoms with E-state index in [1.165, 1.54) is 11.1 Å². The van der Waals surface area contributed by atoms with Crippen LogP contribution in [0.4, 0.5) is 24.7 Å². The first-order valence-corrected chi connectivity index (χ1v) is 7.21. The highest BCUT2D eigenvalue weighted by Crippen LogP contribution is 2.35. The number of nitrogens with zero attached hydrogens (tertiary/aromatic N) is 3. The Morgan fingerprint density at radius 1 is 1.16 bits per heavy atom. The fraction of sp³-hybridized carbons (Fsp3) is 0.111. The zero-order chi connectivity index (χ0) is 18.0. The van der Waals surface area contributed by atoms with Crippen molar-refractivity contribution >= 4 is 22.5 Å². The van der Waals surface area contributed by atoms with Gasteiger partial charge in [-0.15, -0.1) is 6.42 Å². The lowest BCUT2D eigenvalue weighted by molar-refractivity contribution is 0.347. The molecule has 0 amide bonds. The number of methoxy groups -OCH3 is 1. The van der Waals surface area contributed by atoms with E-state index in [9.17, 15) is 13.2 Å². The van der Waals surface area contributed by atoms with Crippen LogP contribution in [0.25, 0.3) is 11.0 Å². The second-order valence-electron chi connectivity index (χ2n) is 5.05. The van der Waals surface area contributed by atoms with Crippen molar-refractivity contribution in [1.29, 1.82) is 0 Å². The first-order chi connectivity index (χ1) is 12.1. The largest absolute Gasteiger partial charge is 0.491 e. The smallest absolute Gasteiger partial charge is 0.203 e. The molecule has 0 aliphatic rings. The van der Waals surface area contributed by atoms with E-state index in [-0.39, 0.29) is 18.1 Å². The Labute approximate surface area is 141 Å².